The van der Waals surface area contributed by atoms with Crippen molar-refractivity contribution in [2.24, 2.45) is 0 Å². The summed E-state index contributed by atoms with van der Waals surface area (Å²) in [5, 5.41) is 0. The third-order valence-corrected chi connectivity index (χ3v) is 0.399. The second-order valence-electron chi connectivity index (χ2n) is 1.15. The quantitative estimate of drug-likeness (QED) is 0.376. The van der Waals surface area contributed by atoms with Crippen LogP contribution in [-0.2, 0) is 9.53 Å². The molecule has 0 aliphatic heterocycles. The van der Waals surface area contributed by atoms with Crippen molar-refractivity contribution in [3.8, 4) is 0 Å². The number of hydrogen-bond donors (Lipinski definition) is 0. The average molecular weight is 118 g/mol. The van der Waals surface area contributed by atoms with Gasteiger partial charge in [-0.25, -0.2) is 0 Å². The lowest BCUT2D eigenvalue weighted by Gasteiger charge is -1.92. The van der Waals surface area contributed by atoms with E-state index in [4.69, 9.17) is 0 Å². The molecule has 0 fully saturated rings. The van der Waals surface area contributed by atoms with Gasteiger partial charge in [-0.3, -0.25) is 4.79 Å². The first kappa shape index (κ1) is 6.64. The highest BCUT2D eigenvalue weighted by molar-refractivity contribution is 7.20. The summed E-state index contributed by atoms with van der Waals surface area (Å²) in [6, 6.07) is 0. The molecule has 0 rings (SSSR count). The van der Waals surface area contributed by atoms with Crippen LogP contribution in [0.3, 0.4) is 0 Å². The van der Waals surface area contributed by atoms with Crippen LogP contribution in [0.4, 0.5) is 0 Å². The summed E-state index contributed by atoms with van der Waals surface area (Å²) < 4.78 is 4.44. The van der Waals surface area contributed by atoms with Gasteiger partial charge >= 0.3 is 5.97 Å². The third kappa shape index (κ3) is 5.64. The Balaban J connectivity index is 3.32. The van der Waals surface area contributed by atoms with Crippen molar-refractivity contribution in [2.75, 3.05) is 0 Å². The van der Waals surface area contributed by atoms with Crippen LogP contribution in [0.2, 0.25) is 0 Å². The Morgan fingerprint density at radius 3 is 2.00 bits per heavy atom. The fraction of sp³-hybridized carbons (Fsp3) is 0.500. The Kier molecular flexibility index (Phi) is 2.61. The smallest absolute Gasteiger partial charge is 0.308 e. The molecule has 0 unspecified atom stereocenters. The van der Waals surface area contributed by atoms with Crippen LogP contribution >= 0.6 is 8.86 Å². The molecule has 0 aliphatic carbocycles. The zero-order chi connectivity index (χ0) is 5.86. The second kappa shape index (κ2) is 2.75. The lowest BCUT2D eigenvalue weighted by atomic mass is 10.8. The molecule has 0 bridgehead atoms. The van der Waals surface area contributed by atoms with Gasteiger partial charge in [-0.2, -0.15) is 0 Å². The predicted octanol–water partition coefficient (Wildman–Crippen LogP) is 0.842. The van der Waals surface area contributed by atoms with Crippen LogP contribution in [0.5, 0.6) is 0 Å². The normalized spacial score (nSPS) is 7.71. The number of carbonyl (C=O) groups excluding carboxylic acids is 1. The van der Waals surface area contributed by atoms with Gasteiger partial charge in [0.05, 0.1) is 0 Å². The first-order chi connectivity index (χ1) is 3.13. The summed E-state index contributed by atoms with van der Waals surface area (Å²) in [7, 11) is 2.99. The highest BCUT2D eigenvalue weighted by Crippen LogP contribution is 1.81. The van der Waals surface area contributed by atoms with Gasteiger partial charge in [-0.15, -0.1) is 0 Å². The van der Waals surface area contributed by atoms with Crippen LogP contribution in [0.15, 0.2) is 0 Å². The Labute approximate surface area is 44.7 Å². The molecule has 2 nitrogen and oxygen atoms in total. The molecule has 0 amide bonds. The minimum atomic E-state index is -0.299. The zero-order valence-corrected chi connectivity index (χ0v) is 5.32. The molecule has 0 aliphatic rings. The zero-order valence-electron chi connectivity index (χ0n) is 4.32. The van der Waals surface area contributed by atoms with E-state index in [2.05, 4.69) is 13.6 Å². The van der Waals surface area contributed by atoms with E-state index in [0.717, 1.165) is 0 Å². The summed E-state index contributed by atoms with van der Waals surface area (Å²) in [6.45, 7) is 3.00. The van der Waals surface area contributed by atoms with E-state index in [1.54, 1.807) is 6.92 Å². The van der Waals surface area contributed by atoms with Gasteiger partial charge in [0.25, 0.3) is 0 Å². The molecule has 0 atom stereocenters. The maximum absolute atomic E-state index is 9.98. The van der Waals surface area contributed by atoms with Crippen LogP contribution in [0.1, 0.15) is 13.8 Å². The molecular weight excluding hydrogens is 111 g/mol. The molecule has 0 saturated heterocycles. The molecule has 0 heterocycles. The van der Waals surface area contributed by atoms with E-state index in [1.165, 1.54) is 6.92 Å². The molecule has 0 aromatic heterocycles. The van der Waals surface area contributed by atoms with Crippen LogP contribution < -0.4 is 0 Å². The number of hydrogen-bond acceptors (Lipinski definition) is 2. The summed E-state index contributed by atoms with van der Waals surface area (Å²) in [6.07, 6.45) is 0. The first-order valence-electron chi connectivity index (χ1n) is 1.86. The van der Waals surface area contributed by atoms with Gasteiger partial charge in [0.1, 0.15) is 5.48 Å². The first-order valence-corrected chi connectivity index (χ1v) is 2.36. The van der Waals surface area contributed by atoms with Gasteiger partial charge in [0, 0.05) is 6.92 Å². The molecule has 0 radical (unpaired) electrons. The fourth-order valence-electron chi connectivity index (χ4n) is 0.216. The number of carbonyl (C=O) groups is 1. The highest BCUT2D eigenvalue weighted by atomic mass is 31.0. The van der Waals surface area contributed by atoms with Crippen molar-refractivity contribution in [2.45, 2.75) is 13.8 Å². The summed E-state index contributed by atoms with van der Waals surface area (Å²) in [4.78, 5) is 9.98. The Hall–Kier alpha value is -0.360. The number of esters is 1. The predicted molar refractivity (Wildman–Crippen MR) is 30.8 cm³/mol. The minimum absolute atomic E-state index is 0.299. The molecule has 0 spiro atoms. The molecule has 0 saturated carbocycles. The average Bonchev–Trinajstić information content (AvgIpc) is 1.27. The van der Waals surface area contributed by atoms with Gasteiger partial charge in [-0.05, 0) is 6.92 Å². The molecule has 0 aromatic carbocycles. The summed E-state index contributed by atoms with van der Waals surface area (Å²) in [5.74, 6) is -0.299. The molecule has 0 N–H and O–H groups in total. The summed E-state index contributed by atoms with van der Waals surface area (Å²) >= 11 is 0. The Morgan fingerprint density at radius 2 is 2.00 bits per heavy atom. The van der Waals surface area contributed by atoms with Gasteiger partial charge in [-0.1, -0.05) is 8.86 Å². The largest absolute Gasteiger partial charge is 0.427 e. The van der Waals surface area contributed by atoms with Crippen molar-refractivity contribution in [1.29, 1.82) is 0 Å². The van der Waals surface area contributed by atoms with Crippen molar-refractivity contribution >= 4 is 20.3 Å². The third-order valence-electron chi connectivity index (χ3n) is 0.297. The van der Waals surface area contributed by atoms with Crippen molar-refractivity contribution in [3.63, 3.8) is 0 Å². The van der Waals surface area contributed by atoms with E-state index in [0.29, 0.717) is 5.48 Å². The number of ether oxygens (including phenoxy) is 1. The fourth-order valence-corrected chi connectivity index (χ4v) is 0.359. The van der Waals surface area contributed by atoms with Crippen molar-refractivity contribution in [3.05, 3.63) is 0 Å². The monoisotopic (exact) mass is 118 g/mol. The van der Waals surface area contributed by atoms with Crippen LogP contribution in [0.25, 0.3) is 0 Å². The number of rotatable bonds is 1. The van der Waals surface area contributed by atoms with Gasteiger partial charge in [0.2, 0.25) is 0 Å². The topological polar surface area (TPSA) is 26.3 Å². The minimum Gasteiger partial charge on any atom is -0.427 e. The Bertz CT molecular complexity index is 85.9. The SMILES string of the molecule is CC(=O)OC(C)=P. The van der Waals surface area contributed by atoms with Crippen LogP contribution in [-0.4, -0.2) is 11.4 Å². The maximum Gasteiger partial charge on any atom is 0.308 e. The Morgan fingerprint density at radius 1 is 1.57 bits per heavy atom. The lowest BCUT2D eigenvalue weighted by molar-refractivity contribution is -0.132. The molecule has 40 valence electrons. The van der Waals surface area contributed by atoms with E-state index in [9.17, 15) is 4.79 Å². The van der Waals surface area contributed by atoms with Crippen molar-refractivity contribution in [1.82, 2.24) is 0 Å². The highest BCUT2D eigenvalue weighted by Gasteiger charge is 1.88. The molecular formula is C4H7O2P. The maximum atomic E-state index is 9.98. The van der Waals surface area contributed by atoms with E-state index >= 15 is 0 Å². The molecule has 3 heteroatoms. The van der Waals surface area contributed by atoms with E-state index < -0.39 is 0 Å². The summed E-state index contributed by atoms with van der Waals surface area (Å²) in [5.41, 5.74) is 0.493. The second-order valence-corrected chi connectivity index (χ2v) is 1.85. The van der Waals surface area contributed by atoms with Crippen LogP contribution in [0, 0.1) is 0 Å². The van der Waals surface area contributed by atoms with Gasteiger partial charge < -0.3 is 4.74 Å². The van der Waals surface area contributed by atoms with Gasteiger partial charge in [0.15, 0.2) is 0 Å². The standard InChI is InChI=1S/C4H7O2P/c1-3(5)6-4(2)7/h7H,1-2H3. The molecule has 7 heavy (non-hydrogen) atoms. The lowest BCUT2D eigenvalue weighted by Crippen LogP contribution is -2.00. The van der Waals surface area contributed by atoms with Crippen molar-refractivity contribution < 1.29 is 9.53 Å². The van der Waals surface area contributed by atoms with E-state index in [1.807, 2.05) is 0 Å². The van der Waals surface area contributed by atoms with E-state index in [-0.39, 0.29) is 5.97 Å². The molecule has 0 aromatic rings.